The van der Waals surface area contributed by atoms with Crippen LogP contribution in [0.4, 0.5) is 0 Å². The quantitative estimate of drug-likeness (QED) is 0.158. The van der Waals surface area contributed by atoms with E-state index in [4.69, 9.17) is 11.1 Å². The number of hydrogen-bond acceptors (Lipinski definition) is 7. The number of amidine groups is 1. The van der Waals surface area contributed by atoms with Crippen molar-refractivity contribution in [1.29, 1.82) is 5.41 Å². The third kappa shape index (κ3) is 8.53. The molecule has 238 valence electrons. The summed E-state index contributed by atoms with van der Waals surface area (Å²) in [6.45, 7) is 5.62. The highest BCUT2D eigenvalue weighted by Gasteiger charge is 2.37. The molecule has 44 heavy (non-hydrogen) atoms. The van der Waals surface area contributed by atoms with E-state index < -0.39 is 34.0 Å². The second kappa shape index (κ2) is 14.5. The van der Waals surface area contributed by atoms with Gasteiger partial charge in [0.2, 0.25) is 15.9 Å². The van der Waals surface area contributed by atoms with E-state index in [-0.39, 0.29) is 30.1 Å². The molecule has 0 spiro atoms. The van der Waals surface area contributed by atoms with E-state index in [0.29, 0.717) is 11.1 Å². The number of carbonyl (C=O) groups excluding carboxylic acids is 1. The molecular formula is C32H44N6O5S. The van der Waals surface area contributed by atoms with E-state index in [1.807, 2.05) is 13.0 Å². The van der Waals surface area contributed by atoms with E-state index in [0.717, 1.165) is 62.1 Å². The maximum atomic E-state index is 13.9. The van der Waals surface area contributed by atoms with Gasteiger partial charge in [0.25, 0.3) is 0 Å². The fraction of sp³-hybridized carbons (Fsp3) is 0.469. The molecule has 2 atom stereocenters. The zero-order chi connectivity index (χ0) is 32.0. The topological polar surface area (TPSA) is 160 Å². The Morgan fingerprint density at radius 2 is 1.86 bits per heavy atom. The number of fused-ring (bicyclic) bond motifs is 1. The number of nitrogen functional groups attached to an aromatic ring is 1. The van der Waals surface area contributed by atoms with Crippen LogP contribution in [0.25, 0.3) is 0 Å². The van der Waals surface area contributed by atoms with Crippen molar-refractivity contribution in [3.05, 3.63) is 76.4 Å². The molecule has 2 heterocycles. The van der Waals surface area contributed by atoms with Gasteiger partial charge in [0.05, 0.1) is 4.90 Å². The summed E-state index contributed by atoms with van der Waals surface area (Å²) in [5.74, 6) is -1.92. The predicted molar refractivity (Wildman–Crippen MR) is 170 cm³/mol. The fourth-order valence-electron chi connectivity index (χ4n) is 5.83. The van der Waals surface area contributed by atoms with Crippen LogP contribution in [0.15, 0.2) is 59.0 Å². The molecule has 0 fully saturated rings. The van der Waals surface area contributed by atoms with Gasteiger partial charge in [-0.3, -0.25) is 10.2 Å². The summed E-state index contributed by atoms with van der Waals surface area (Å²) in [5, 5.41) is 17.7. The summed E-state index contributed by atoms with van der Waals surface area (Å²) in [7, 11) is -0.0470. The largest absolute Gasteiger partial charge is 0.480 e. The van der Waals surface area contributed by atoms with Gasteiger partial charge >= 0.3 is 5.97 Å². The number of amides is 1. The first-order chi connectivity index (χ1) is 20.8. The van der Waals surface area contributed by atoms with Gasteiger partial charge in [-0.25, -0.2) is 13.2 Å². The van der Waals surface area contributed by atoms with Gasteiger partial charge in [0.15, 0.2) is 0 Å². The molecule has 0 saturated heterocycles. The fourth-order valence-corrected chi connectivity index (χ4v) is 7.07. The van der Waals surface area contributed by atoms with Gasteiger partial charge in [0, 0.05) is 25.2 Å². The summed E-state index contributed by atoms with van der Waals surface area (Å²) in [6, 6.07) is 9.47. The van der Waals surface area contributed by atoms with Gasteiger partial charge in [0.1, 0.15) is 17.9 Å². The molecular weight excluding hydrogens is 580 g/mol. The molecule has 1 amide bonds. The highest BCUT2D eigenvalue weighted by Crippen LogP contribution is 2.24. The molecule has 0 radical (unpaired) electrons. The molecule has 5 N–H and O–H groups in total. The molecule has 11 nitrogen and oxygen atoms in total. The summed E-state index contributed by atoms with van der Waals surface area (Å²) >= 11 is 0. The SMILES string of the molecule is CC1=CCN(C(=O)[C@H](Cc2cccc(C(=N)N)c2)NS(=O)(=O)c2ccc3c(c2)CCN(CCCN(C)C)CC3)C(C(=O)O)C1. The summed E-state index contributed by atoms with van der Waals surface area (Å²) < 4.78 is 30.3. The van der Waals surface area contributed by atoms with Crippen molar-refractivity contribution in [2.45, 2.75) is 56.0 Å². The number of carboxylic acid groups (broad SMARTS) is 1. The van der Waals surface area contributed by atoms with E-state index in [1.165, 1.54) is 4.90 Å². The number of carbonyl (C=O) groups is 2. The van der Waals surface area contributed by atoms with Crippen LogP contribution in [0.2, 0.25) is 0 Å². The molecule has 2 aromatic carbocycles. The summed E-state index contributed by atoms with van der Waals surface area (Å²) in [6.07, 6.45) is 4.52. The van der Waals surface area contributed by atoms with E-state index >= 15 is 0 Å². The van der Waals surface area contributed by atoms with E-state index in [2.05, 4.69) is 28.6 Å². The summed E-state index contributed by atoms with van der Waals surface area (Å²) in [5.41, 5.74) is 9.64. The van der Waals surface area contributed by atoms with E-state index in [9.17, 15) is 23.1 Å². The Labute approximate surface area is 260 Å². The summed E-state index contributed by atoms with van der Waals surface area (Å²) in [4.78, 5) is 31.9. The first-order valence-corrected chi connectivity index (χ1v) is 16.5. The molecule has 0 saturated carbocycles. The number of nitrogens with zero attached hydrogens (tertiary/aromatic N) is 3. The number of nitrogens with two attached hydrogens (primary N) is 1. The van der Waals surface area contributed by atoms with Crippen molar-refractivity contribution in [3.8, 4) is 0 Å². The average molecular weight is 625 g/mol. The minimum Gasteiger partial charge on any atom is -0.480 e. The predicted octanol–water partition coefficient (Wildman–Crippen LogP) is 1.84. The first kappa shape index (κ1) is 33.3. The molecule has 2 aliphatic rings. The number of nitrogens with one attached hydrogen (secondary N) is 2. The first-order valence-electron chi connectivity index (χ1n) is 15.0. The van der Waals surface area contributed by atoms with Crippen LogP contribution in [0.1, 0.15) is 42.0 Å². The lowest BCUT2D eigenvalue weighted by Gasteiger charge is -2.34. The molecule has 4 rings (SSSR count). The van der Waals surface area contributed by atoms with Crippen molar-refractivity contribution < 1.29 is 23.1 Å². The van der Waals surface area contributed by atoms with Gasteiger partial charge < -0.3 is 25.5 Å². The van der Waals surface area contributed by atoms with Crippen molar-refractivity contribution in [2.75, 3.05) is 46.8 Å². The Kier molecular flexibility index (Phi) is 11.0. The van der Waals surface area contributed by atoms with E-state index in [1.54, 1.807) is 42.5 Å². The third-order valence-electron chi connectivity index (χ3n) is 8.33. The lowest BCUT2D eigenvalue weighted by atomic mass is 9.98. The molecule has 2 aromatic rings. The van der Waals surface area contributed by atoms with Crippen molar-refractivity contribution in [3.63, 3.8) is 0 Å². The number of sulfonamides is 1. The number of carboxylic acids is 1. The second-order valence-electron chi connectivity index (χ2n) is 12.0. The van der Waals surface area contributed by atoms with Crippen LogP contribution >= 0.6 is 0 Å². The minimum absolute atomic E-state index is 0.0441. The van der Waals surface area contributed by atoms with Crippen LogP contribution < -0.4 is 10.5 Å². The number of hydrogen-bond donors (Lipinski definition) is 4. The number of rotatable bonds is 12. The van der Waals surface area contributed by atoms with Crippen LogP contribution in [-0.4, -0.2) is 105 Å². The van der Waals surface area contributed by atoms with Gasteiger partial charge in [-0.15, -0.1) is 0 Å². The zero-order valence-electron chi connectivity index (χ0n) is 25.8. The van der Waals surface area contributed by atoms with Crippen molar-refractivity contribution in [2.24, 2.45) is 5.73 Å². The maximum Gasteiger partial charge on any atom is 0.326 e. The average Bonchev–Trinajstić information content (AvgIpc) is 3.18. The van der Waals surface area contributed by atoms with Crippen LogP contribution in [0.5, 0.6) is 0 Å². The third-order valence-corrected chi connectivity index (χ3v) is 9.80. The number of aliphatic carboxylic acids is 1. The highest BCUT2D eigenvalue weighted by atomic mass is 32.2. The van der Waals surface area contributed by atoms with Gasteiger partial charge in [-0.1, -0.05) is 35.9 Å². The molecule has 0 aliphatic carbocycles. The normalized spacial score (nSPS) is 18.3. The smallest absolute Gasteiger partial charge is 0.326 e. The second-order valence-corrected chi connectivity index (χ2v) is 13.7. The molecule has 2 aliphatic heterocycles. The van der Waals surface area contributed by atoms with Crippen LogP contribution in [-0.2, 0) is 38.9 Å². The monoisotopic (exact) mass is 624 g/mol. The van der Waals surface area contributed by atoms with Gasteiger partial charge in [-0.2, -0.15) is 4.72 Å². The lowest BCUT2D eigenvalue weighted by molar-refractivity contribution is -0.150. The zero-order valence-corrected chi connectivity index (χ0v) is 26.6. The van der Waals surface area contributed by atoms with Crippen molar-refractivity contribution >= 4 is 27.7 Å². The molecule has 0 bridgehead atoms. The Morgan fingerprint density at radius 3 is 2.55 bits per heavy atom. The highest BCUT2D eigenvalue weighted by molar-refractivity contribution is 7.89. The van der Waals surface area contributed by atoms with Gasteiger partial charge in [-0.05, 0) is 101 Å². The lowest BCUT2D eigenvalue weighted by Crippen LogP contribution is -2.55. The number of benzene rings is 2. The Balaban J connectivity index is 1.59. The Morgan fingerprint density at radius 1 is 1.14 bits per heavy atom. The van der Waals surface area contributed by atoms with Crippen LogP contribution in [0.3, 0.4) is 0 Å². The van der Waals surface area contributed by atoms with Crippen LogP contribution in [0, 0.1) is 5.41 Å². The Bertz CT molecular complexity index is 1520. The van der Waals surface area contributed by atoms with Crippen molar-refractivity contribution in [1.82, 2.24) is 19.4 Å². The minimum atomic E-state index is -4.17. The Hall–Kier alpha value is -3.58. The molecule has 1 unspecified atom stereocenters. The maximum absolute atomic E-state index is 13.9. The molecule has 0 aromatic heterocycles. The molecule has 12 heteroatoms. The standard InChI is InChI=1S/C32H44N6O5S/c1-22-10-17-38(29(18-22)32(40)41)31(39)28(20-23-6-4-7-26(19-23)30(33)34)35-44(42,43)27-9-8-24-11-15-37(14-5-13-36(2)3)16-12-25(24)21-27/h4,6-10,19,21,28-29,35H,5,11-18,20H2,1-3H3,(H3,33,34)(H,40,41)/t28-,29?/m0/s1.